The summed E-state index contributed by atoms with van der Waals surface area (Å²) in [5.41, 5.74) is 1.46. The maximum Gasteiger partial charge on any atom is 0.276 e. The van der Waals surface area contributed by atoms with Crippen molar-refractivity contribution in [2.24, 2.45) is 0 Å². The van der Waals surface area contributed by atoms with Crippen LogP contribution in [0.3, 0.4) is 0 Å². The van der Waals surface area contributed by atoms with Crippen LogP contribution in [-0.2, 0) is 6.54 Å². The van der Waals surface area contributed by atoms with Gasteiger partial charge in [0.05, 0.1) is 0 Å². The number of aromatic nitrogens is 5. The highest BCUT2D eigenvalue weighted by atomic mass is 35.5. The molecule has 0 bridgehead atoms. The molecule has 0 saturated heterocycles. The molecule has 16 heavy (non-hydrogen) atoms. The molecule has 0 saturated carbocycles. The second-order valence-corrected chi connectivity index (χ2v) is 3.95. The molecule has 0 atom stereocenters. The van der Waals surface area contributed by atoms with Crippen molar-refractivity contribution < 1.29 is 4.42 Å². The van der Waals surface area contributed by atoms with Crippen molar-refractivity contribution in [2.75, 3.05) is 5.75 Å². The number of rotatable bonds is 5. The van der Waals surface area contributed by atoms with Crippen molar-refractivity contribution in [2.45, 2.75) is 11.8 Å². The molecule has 0 aliphatic rings. The van der Waals surface area contributed by atoms with Crippen LogP contribution in [0.2, 0.25) is 0 Å². The zero-order valence-corrected chi connectivity index (χ0v) is 9.73. The van der Waals surface area contributed by atoms with Gasteiger partial charge in [-0.05, 0) is 0 Å². The Kier molecular flexibility index (Phi) is 3.95. The van der Waals surface area contributed by atoms with Crippen LogP contribution in [0.15, 0.2) is 33.9 Å². The van der Waals surface area contributed by atoms with Gasteiger partial charge in [-0.2, -0.15) is 5.10 Å². The topological polar surface area (TPSA) is 69.6 Å². The third-order valence-electron chi connectivity index (χ3n) is 1.60. The molecular formula is C8H8ClN5OS. The first-order valence-corrected chi connectivity index (χ1v) is 5.83. The molecule has 0 unspecified atom stereocenters. The Morgan fingerprint density at radius 1 is 1.50 bits per heavy atom. The van der Waals surface area contributed by atoms with Crippen LogP contribution in [0.5, 0.6) is 0 Å². The molecular weight excluding hydrogens is 250 g/mol. The molecule has 0 radical (unpaired) electrons. The molecule has 0 amide bonds. The Labute approximate surface area is 101 Å². The Morgan fingerprint density at radius 3 is 3.19 bits per heavy atom. The lowest BCUT2D eigenvalue weighted by molar-refractivity contribution is 0.398. The molecule has 2 heterocycles. The van der Waals surface area contributed by atoms with E-state index in [0.717, 1.165) is 0 Å². The van der Waals surface area contributed by atoms with Crippen molar-refractivity contribution in [3.05, 3.63) is 30.2 Å². The maximum atomic E-state index is 5.39. The van der Waals surface area contributed by atoms with Gasteiger partial charge in [0.1, 0.15) is 19.2 Å². The first-order chi connectivity index (χ1) is 7.88. The lowest BCUT2D eigenvalue weighted by atomic mass is 10.6. The minimum absolute atomic E-state index is 0.429. The predicted octanol–water partition coefficient (Wildman–Crippen LogP) is 1.55. The summed E-state index contributed by atoms with van der Waals surface area (Å²) in [5, 5.41) is 12.2. The van der Waals surface area contributed by atoms with Crippen LogP contribution < -0.4 is 0 Å². The second-order valence-electron chi connectivity index (χ2n) is 2.73. The third kappa shape index (κ3) is 3.07. The highest BCUT2D eigenvalue weighted by Gasteiger charge is 2.06. The second kappa shape index (κ2) is 5.66. The average molecular weight is 258 g/mol. The molecule has 0 fully saturated rings. The SMILES string of the molecule is ClC=CCSc1nnc(Cn2cncn2)o1. The van der Waals surface area contributed by atoms with E-state index in [4.69, 9.17) is 16.0 Å². The fourth-order valence-electron chi connectivity index (χ4n) is 0.969. The molecule has 0 aromatic carbocycles. The first kappa shape index (κ1) is 11.2. The van der Waals surface area contributed by atoms with Gasteiger partial charge in [0.25, 0.3) is 5.22 Å². The summed E-state index contributed by atoms with van der Waals surface area (Å²) in [6, 6.07) is 0. The van der Waals surface area contributed by atoms with E-state index < -0.39 is 0 Å². The summed E-state index contributed by atoms with van der Waals surface area (Å²) >= 11 is 6.81. The van der Waals surface area contributed by atoms with Gasteiger partial charge in [-0.15, -0.1) is 10.2 Å². The summed E-state index contributed by atoms with van der Waals surface area (Å²) in [5.74, 6) is 1.21. The van der Waals surface area contributed by atoms with E-state index in [-0.39, 0.29) is 0 Å². The van der Waals surface area contributed by atoms with E-state index in [1.165, 1.54) is 23.6 Å². The van der Waals surface area contributed by atoms with Gasteiger partial charge in [0, 0.05) is 11.3 Å². The number of thioether (sulfide) groups is 1. The van der Waals surface area contributed by atoms with Gasteiger partial charge in [0.2, 0.25) is 5.89 Å². The average Bonchev–Trinajstić information content (AvgIpc) is 2.91. The third-order valence-corrected chi connectivity index (χ3v) is 2.55. The molecule has 0 aliphatic carbocycles. The van der Waals surface area contributed by atoms with Crippen LogP contribution in [0.1, 0.15) is 5.89 Å². The summed E-state index contributed by atoms with van der Waals surface area (Å²) in [6.45, 7) is 0.429. The number of halogens is 1. The molecule has 6 nitrogen and oxygen atoms in total. The standard InChI is InChI=1S/C8H8ClN5OS/c9-2-1-3-16-8-13-12-7(15-8)4-14-6-10-5-11-14/h1-2,5-6H,3-4H2. The summed E-state index contributed by atoms with van der Waals surface area (Å²) in [7, 11) is 0. The summed E-state index contributed by atoms with van der Waals surface area (Å²) in [6.07, 6.45) is 4.85. The van der Waals surface area contributed by atoms with Gasteiger partial charge in [-0.25, -0.2) is 9.67 Å². The maximum absolute atomic E-state index is 5.39. The van der Waals surface area contributed by atoms with E-state index >= 15 is 0 Å². The normalized spacial score (nSPS) is 11.3. The molecule has 8 heteroatoms. The van der Waals surface area contributed by atoms with E-state index in [1.54, 1.807) is 17.1 Å². The van der Waals surface area contributed by atoms with E-state index in [9.17, 15) is 0 Å². The molecule has 2 aromatic rings. The van der Waals surface area contributed by atoms with E-state index in [1.807, 2.05) is 0 Å². The van der Waals surface area contributed by atoms with Gasteiger partial charge >= 0.3 is 0 Å². The van der Waals surface area contributed by atoms with Gasteiger partial charge in [-0.3, -0.25) is 0 Å². The number of nitrogens with zero attached hydrogens (tertiary/aromatic N) is 5. The first-order valence-electron chi connectivity index (χ1n) is 4.41. The Morgan fingerprint density at radius 2 is 2.44 bits per heavy atom. The lowest BCUT2D eigenvalue weighted by Gasteiger charge is -1.92. The van der Waals surface area contributed by atoms with Crippen molar-refractivity contribution >= 4 is 23.4 Å². The van der Waals surface area contributed by atoms with Gasteiger partial charge in [-0.1, -0.05) is 29.4 Å². The number of hydrogen-bond acceptors (Lipinski definition) is 6. The van der Waals surface area contributed by atoms with E-state index in [2.05, 4.69) is 20.3 Å². The predicted molar refractivity (Wildman–Crippen MR) is 59.1 cm³/mol. The fraction of sp³-hybridized carbons (Fsp3) is 0.250. The highest BCUT2D eigenvalue weighted by molar-refractivity contribution is 7.99. The van der Waals surface area contributed by atoms with Crippen LogP contribution in [0.25, 0.3) is 0 Å². The van der Waals surface area contributed by atoms with Crippen LogP contribution in [0.4, 0.5) is 0 Å². The minimum atomic E-state index is 0.429. The quantitative estimate of drug-likeness (QED) is 0.757. The van der Waals surface area contributed by atoms with Crippen LogP contribution in [-0.4, -0.2) is 30.7 Å². The van der Waals surface area contributed by atoms with E-state index in [0.29, 0.717) is 23.4 Å². The zero-order chi connectivity index (χ0) is 11.2. The molecule has 2 rings (SSSR count). The fourth-order valence-corrected chi connectivity index (χ4v) is 1.75. The van der Waals surface area contributed by atoms with Crippen molar-refractivity contribution in [3.8, 4) is 0 Å². The van der Waals surface area contributed by atoms with Crippen molar-refractivity contribution in [1.29, 1.82) is 0 Å². The van der Waals surface area contributed by atoms with Crippen LogP contribution >= 0.6 is 23.4 Å². The molecule has 0 aliphatic heterocycles. The van der Waals surface area contributed by atoms with Crippen molar-refractivity contribution in [3.63, 3.8) is 0 Å². The molecule has 0 N–H and O–H groups in total. The summed E-state index contributed by atoms with van der Waals surface area (Å²) in [4.78, 5) is 3.82. The highest BCUT2D eigenvalue weighted by Crippen LogP contribution is 2.16. The van der Waals surface area contributed by atoms with Crippen molar-refractivity contribution in [1.82, 2.24) is 25.0 Å². The molecule has 0 spiro atoms. The molecule has 2 aromatic heterocycles. The minimum Gasteiger partial charge on any atom is -0.414 e. The Bertz CT molecular complexity index is 455. The van der Waals surface area contributed by atoms with Crippen LogP contribution in [0, 0.1) is 0 Å². The zero-order valence-electron chi connectivity index (χ0n) is 8.15. The smallest absolute Gasteiger partial charge is 0.276 e. The number of hydrogen-bond donors (Lipinski definition) is 0. The van der Waals surface area contributed by atoms with Gasteiger partial charge in [0.15, 0.2) is 0 Å². The Balaban J connectivity index is 1.92. The monoisotopic (exact) mass is 257 g/mol. The Hall–Kier alpha value is -1.34. The molecule has 84 valence electrons. The summed E-state index contributed by atoms with van der Waals surface area (Å²) < 4.78 is 6.99. The lowest BCUT2D eigenvalue weighted by Crippen LogP contribution is -1.99. The van der Waals surface area contributed by atoms with Gasteiger partial charge < -0.3 is 4.42 Å². The largest absolute Gasteiger partial charge is 0.414 e.